The molecule has 0 aromatic heterocycles. The first-order valence-electron chi connectivity index (χ1n) is 10.5. The molecule has 0 N–H and O–H groups in total. The lowest BCUT2D eigenvalue weighted by Crippen LogP contribution is -2.69. The van der Waals surface area contributed by atoms with Crippen LogP contribution in [0.1, 0.15) is 29.8 Å². The van der Waals surface area contributed by atoms with Crippen LogP contribution in [-0.2, 0) is 6.54 Å². The highest BCUT2D eigenvalue weighted by atomic mass is 35.5. The average Bonchev–Trinajstić information content (AvgIpc) is 2.73. The molecule has 6 heteroatoms. The summed E-state index contributed by atoms with van der Waals surface area (Å²) in [6.45, 7) is 9.94. The molecule has 0 saturated carbocycles. The third kappa shape index (κ3) is 4.48. The van der Waals surface area contributed by atoms with Crippen molar-refractivity contribution < 1.29 is 9.53 Å². The van der Waals surface area contributed by atoms with Crippen LogP contribution in [0.15, 0.2) is 48.5 Å². The number of benzene rings is 2. The van der Waals surface area contributed by atoms with Crippen LogP contribution in [0.3, 0.4) is 0 Å². The maximum Gasteiger partial charge on any atom is 0.253 e. The Morgan fingerprint density at radius 1 is 1.07 bits per heavy atom. The molecule has 4 rings (SSSR count). The van der Waals surface area contributed by atoms with Crippen LogP contribution in [0.4, 0.5) is 0 Å². The topological polar surface area (TPSA) is 36.0 Å². The summed E-state index contributed by atoms with van der Waals surface area (Å²) >= 11 is 5.98. The first-order valence-corrected chi connectivity index (χ1v) is 10.9. The lowest BCUT2D eigenvalue weighted by molar-refractivity contribution is -0.0613. The molecule has 2 saturated heterocycles. The Labute approximate surface area is 184 Å². The second-order valence-corrected chi connectivity index (χ2v) is 9.37. The van der Waals surface area contributed by atoms with E-state index in [4.69, 9.17) is 16.3 Å². The second kappa shape index (κ2) is 8.58. The van der Waals surface area contributed by atoms with Crippen molar-refractivity contribution in [1.82, 2.24) is 14.7 Å². The summed E-state index contributed by atoms with van der Waals surface area (Å²) in [5.41, 5.74) is 2.06. The SMILES string of the molecule is COc1ccc(CN2CC3CN(C(=O)c4ccc(Cl)cc4)CCN3C(C)(C)C2)cc1. The van der Waals surface area contributed by atoms with Gasteiger partial charge in [-0.3, -0.25) is 14.6 Å². The molecule has 2 heterocycles. The predicted octanol–water partition coefficient (Wildman–Crippen LogP) is 3.77. The largest absolute Gasteiger partial charge is 0.497 e. The summed E-state index contributed by atoms with van der Waals surface area (Å²) in [6.07, 6.45) is 0. The van der Waals surface area contributed by atoms with Gasteiger partial charge in [-0.1, -0.05) is 23.7 Å². The maximum absolute atomic E-state index is 13.0. The van der Waals surface area contributed by atoms with Crippen LogP contribution in [0.2, 0.25) is 5.02 Å². The standard InChI is InChI=1S/C24H30ClN3O2/c1-24(2)17-26(14-18-4-10-22(30-3)11-5-18)15-21-16-27(12-13-28(21)24)23(29)19-6-8-20(25)9-7-19/h4-11,21H,12-17H2,1-3H3. The summed E-state index contributed by atoms with van der Waals surface area (Å²) in [6, 6.07) is 15.8. The van der Waals surface area contributed by atoms with Gasteiger partial charge in [0.2, 0.25) is 0 Å². The van der Waals surface area contributed by atoms with Gasteiger partial charge in [-0.2, -0.15) is 0 Å². The fourth-order valence-electron chi connectivity index (χ4n) is 4.88. The summed E-state index contributed by atoms with van der Waals surface area (Å²) in [5.74, 6) is 0.976. The minimum atomic E-state index is 0.0742. The van der Waals surface area contributed by atoms with E-state index in [0.717, 1.165) is 45.0 Å². The average molecular weight is 428 g/mol. The molecule has 0 spiro atoms. The second-order valence-electron chi connectivity index (χ2n) is 8.94. The Balaban J connectivity index is 1.45. The first kappa shape index (κ1) is 21.2. The van der Waals surface area contributed by atoms with Crippen LogP contribution in [0.25, 0.3) is 0 Å². The predicted molar refractivity (Wildman–Crippen MR) is 120 cm³/mol. The molecule has 0 aliphatic carbocycles. The lowest BCUT2D eigenvalue weighted by Gasteiger charge is -2.55. The van der Waals surface area contributed by atoms with Crippen molar-refractivity contribution in [2.75, 3.05) is 39.8 Å². The third-order valence-corrected chi connectivity index (χ3v) is 6.54. The summed E-state index contributed by atoms with van der Waals surface area (Å²) in [7, 11) is 1.69. The van der Waals surface area contributed by atoms with Gasteiger partial charge in [0.25, 0.3) is 5.91 Å². The Bertz CT molecular complexity index is 882. The molecule has 0 radical (unpaired) electrons. The van der Waals surface area contributed by atoms with Gasteiger partial charge in [0.15, 0.2) is 0 Å². The van der Waals surface area contributed by atoms with Crippen LogP contribution in [-0.4, -0.2) is 72.0 Å². The van der Waals surface area contributed by atoms with Crippen LogP contribution in [0.5, 0.6) is 5.75 Å². The third-order valence-electron chi connectivity index (χ3n) is 6.28. The lowest BCUT2D eigenvalue weighted by atomic mass is 9.92. The Morgan fingerprint density at radius 3 is 2.43 bits per heavy atom. The number of methoxy groups -OCH3 is 1. The Hall–Kier alpha value is -2.08. The van der Waals surface area contributed by atoms with Crippen molar-refractivity contribution >= 4 is 17.5 Å². The van der Waals surface area contributed by atoms with E-state index in [-0.39, 0.29) is 11.4 Å². The maximum atomic E-state index is 13.0. The molecule has 2 aromatic rings. The fourth-order valence-corrected chi connectivity index (χ4v) is 5.00. The number of hydrogen-bond donors (Lipinski definition) is 0. The van der Waals surface area contributed by atoms with Gasteiger partial charge in [0.1, 0.15) is 5.75 Å². The van der Waals surface area contributed by atoms with Crippen molar-refractivity contribution in [1.29, 1.82) is 0 Å². The van der Waals surface area contributed by atoms with E-state index in [0.29, 0.717) is 16.6 Å². The molecule has 2 aliphatic rings. The molecule has 30 heavy (non-hydrogen) atoms. The number of fused-ring (bicyclic) bond motifs is 1. The van der Waals surface area contributed by atoms with Gasteiger partial charge in [-0.15, -0.1) is 0 Å². The summed E-state index contributed by atoms with van der Waals surface area (Å²) in [5, 5.41) is 0.652. The molecule has 1 atom stereocenters. The zero-order valence-corrected chi connectivity index (χ0v) is 18.7. The van der Waals surface area contributed by atoms with Crippen molar-refractivity contribution in [3.63, 3.8) is 0 Å². The van der Waals surface area contributed by atoms with E-state index >= 15 is 0 Å². The zero-order chi connectivity index (χ0) is 21.3. The normalized spacial score (nSPS) is 21.9. The van der Waals surface area contributed by atoms with Gasteiger partial charge in [-0.25, -0.2) is 0 Å². The van der Waals surface area contributed by atoms with Crippen molar-refractivity contribution in [3.8, 4) is 5.75 Å². The quantitative estimate of drug-likeness (QED) is 0.744. The molecule has 0 bridgehead atoms. The molecule has 1 amide bonds. The van der Waals surface area contributed by atoms with Crippen molar-refractivity contribution in [2.24, 2.45) is 0 Å². The Morgan fingerprint density at radius 2 is 1.77 bits per heavy atom. The number of hydrogen-bond acceptors (Lipinski definition) is 4. The number of rotatable bonds is 4. The minimum absolute atomic E-state index is 0.0742. The highest BCUT2D eigenvalue weighted by molar-refractivity contribution is 6.30. The molecule has 160 valence electrons. The van der Waals surface area contributed by atoms with Crippen LogP contribution >= 0.6 is 11.6 Å². The van der Waals surface area contributed by atoms with E-state index in [2.05, 4.69) is 35.8 Å². The van der Waals surface area contributed by atoms with Gasteiger partial charge in [0.05, 0.1) is 7.11 Å². The number of amides is 1. The molecular weight excluding hydrogens is 398 g/mol. The number of carbonyl (C=O) groups excluding carboxylic acids is 1. The summed E-state index contributed by atoms with van der Waals surface area (Å²) in [4.78, 5) is 20.1. The molecule has 2 fully saturated rings. The molecule has 1 unspecified atom stereocenters. The molecule has 2 aliphatic heterocycles. The van der Waals surface area contributed by atoms with E-state index < -0.39 is 0 Å². The van der Waals surface area contributed by atoms with Crippen LogP contribution in [0, 0.1) is 0 Å². The number of halogens is 1. The van der Waals surface area contributed by atoms with E-state index in [1.165, 1.54) is 5.56 Å². The van der Waals surface area contributed by atoms with E-state index in [1.54, 1.807) is 19.2 Å². The zero-order valence-electron chi connectivity index (χ0n) is 18.0. The Kier molecular flexibility index (Phi) is 6.05. The van der Waals surface area contributed by atoms with Gasteiger partial charge in [-0.05, 0) is 55.8 Å². The molecular formula is C24H30ClN3O2. The van der Waals surface area contributed by atoms with Crippen molar-refractivity contribution in [2.45, 2.75) is 32.0 Å². The van der Waals surface area contributed by atoms with E-state index in [9.17, 15) is 4.79 Å². The smallest absolute Gasteiger partial charge is 0.253 e. The van der Waals surface area contributed by atoms with Gasteiger partial charge in [0, 0.05) is 61.4 Å². The van der Waals surface area contributed by atoms with Crippen molar-refractivity contribution in [3.05, 3.63) is 64.7 Å². The highest BCUT2D eigenvalue weighted by Gasteiger charge is 2.43. The van der Waals surface area contributed by atoms with Gasteiger partial charge < -0.3 is 9.64 Å². The number of ether oxygens (including phenoxy) is 1. The van der Waals surface area contributed by atoms with Gasteiger partial charge >= 0.3 is 0 Å². The van der Waals surface area contributed by atoms with Crippen LogP contribution < -0.4 is 4.74 Å². The molecule has 5 nitrogen and oxygen atoms in total. The summed E-state index contributed by atoms with van der Waals surface area (Å²) < 4.78 is 5.28. The number of carbonyl (C=O) groups is 1. The van der Waals surface area contributed by atoms with E-state index in [1.807, 2.05) is 29.2 Å². The fraction of sp³-hybridized carbons (Fsp3) is 0.458. The number of nitrogens with zero attached hydrogens (tertiary/aromatic N) is 3. The number of piperazine rings is 2. The minimum Gasteiger partial charge on any atom is -0.497 e. The first-order chi connectivity index (χ1) is 14.4. The highest BCUT2D eigenvalue weighted by Crippen LogP contribution is 2.29. The molecule has 2 aromatic carbocycles. The monoisotopic (exact) mass is 427 g/mol.